The smallest absolute Gasteiger partial charge is 0.325 e. The summed E-state index contributed by atoms with van der Waals surface area (Å²) in [5.41, 5.74) is -0.513. The quantitative estimate of drug-likeness (QED) is 0.720. The van der Waals surface area contributed by atoms with E-state index in [-0.39, 0.29) is 12.3 Å². The Morgan fingerprint density at radius 3 is 2.53 bits per heavy atom. The van der Waals surface area contributed by atoms with Gasteiger partial charge in [0.05, 0.1) is 12.0 Å². The molecular formula is C11H19NO5. The predicted molar refractivity (Wildman–Crippen MR) is 59.7 cm³/mol. The summed E-state index contributed by atoms with van der Waals surface area (Å²) in [7, 11) is 1.57. The molecule has 0 aromatic rings. The van der Waals surface area contributed by atoms with Crippen molar-refractivity contribution >= 4 is 11.9 Å². The van der Waals surface area contributed by atoms with Gasteiger partial charge in [0.1, 0.15) is 6.04 Å². The second-order valence-corrected chi connectivity index (χ2v) is 4.30. The minimum atomic E-state index is -1.04. The van der Waals surface area contributed by atoms with E-state index in [2.05, 4.69) is 5.32 Å². The van der Waals surface area contributed by atoms with Gasteiger partial charge in [-0.05, 0) is 6.92 Å². The Kier molecular flexibility index (Phi) is 4.89. The second kappa shape index (κ2) is 5.97. The molecule has 1 heterocycles. The maximum atomic E-state index is 11.7. The number of carbonyl (C=O) groups is 2. The van der Waals surface area contributed by atoms with E-state index in [9.17, 15) is 9.59 Å². The van der Waals surface area contributed by atoms with Crippen LogP contribution in [0.15, 0.2) is 0 Å². The Hall–Kier alpha value is -1.14. The number of hydrogen-bond acceptors (Lipinski definition) is 4. The van der Waals surface area contributed by atoms with E-state index >= 15 is 0 Å². The van der Waals surface area contributed by atoms with Crippen LogP contribution in [-0.4, -0.2) is 48.9 Å². The van der Waals surface area contributed by atoms with Crippen LogP contribution in [-0.2, 0) is 19.1 Å². The molecule has 1 fully saturated rings. The first-order valence-corrected chi connectivity index (χ1v) is 5.64. The Morgan fingerprint density at radius 1 is 1.47 bits per heavy atom. The van der Waals surface area contributed by atoms with Crippen LogP contribution in [0.25, 0.3) is 0 Å². The molecule has 0 aliphatic carbocycles. The maximum Gasteiger partial charge on any atom is 0.325 e. The van der Waals surface area contributed by atoms with E-state index in [1.165, 1.54) is 6.92 Å². The van der Waals surface area contributed by atoms with Crippen LogP contribution in [0.3, 0.4) is 0 Å². The standard InChI is InChI=1S/C11H19NO5/c1-8(10(14)15)12-9(13)7-11(16-2)3-5-17-6-4-11/h8H,3-7H2,1-2H3,(H,12,13)(H,14,15)/t8-/m0/s1. The Morgan fingerprint density at radius 2 is 2.06 bits per heavy atom. The number of aliphatic carboxylic acids is 1. The Balaban J connectivity index is 2.50. The topological polar surface area (TPSA) is 84.9 Å². The predicted octanol–water partition coefficient (Wildman–Crippen LogP) is 0.161. The molecule has 0 unspecified atom stereocenters. The Labute approximate surface area is 100 Å². The number of amides is 1. The van der Waals surface area contributed by atoms with Crippen molar-refractivity contribution in [2.45, 2.75) is 37.8 Å². The summed E-state index contributed by atoms with van der Waals surface area (Å²) in [6, 6.07) is -0.878. The summed E-state index contributed by atoms with van der Waals surface area (Å²) in [4.78, 5) is 22.3. The zero-order chi connectivity index (χ0) is 12.9. The molecule has 1 atom stereocenters. The van der Waals surface area contributed by atoms with Crippen molar-refractivity contribution < 1.29 is 24.2 Å². The fraction of sp³-hybridized carbons (Fsp3) is 0.818. The fourth-order valence-corrected chi connectivity index (χ4v) is 1.84. The molecule has 0 aromatic carbocycles. The fourth-order valence-electron chi connectivity index (χ4n) is 1.84. The molecular weight excluding hydrogens is 226 g/mol. The zero-order valence-corrected chi connectivity index (χ0v) is 10.2. The molecule has 17 heavy (non-hydrogen) atoms. The van der Waals surface area contributed by atoms with E-state index in [0.717, 1.165) is 0 Å². The number of rotatable bonds is 5. The van der Waals surface area contributed by atoms with E-state index in [0.29, 0.717) is 26.1 Å². The van der Waals surface area contributed by atoms with Gasteiger partial charge in [-0.3, -0.25) is 9.59 Å². The van der Waals surface area contributed by atoms with Gasteiger partial charge in [0.25, 0.3) is 0 Å². The number of carboxylic acids is 1. The van der Waals surface area contributed by atoms with Gasteiger partial charge in [-0.2, -0.15) is 0 Å². The van der Waals surface area contributed by atoms with Crippen molar-refractivity contribution in [3.05, 3.63) is 0 Å². The largest absolute Gasteiger partial charge is 0.480 e. The third kappa shape index (κ3) is 3.98. The van der Waals surface area contributed by atoms with Crippen LogP contribution < -0.4 is 5.32 Å². The van der Waals surface area contributed by atoms with Crippen molar-refractivity contribution in [1.29, 1.82) is 0 Å². The molecule has 1 saturated heterocycles. The summed E-state index contributed by atoms with van der Waals surface area (Å²) < 4.78 is 10.6. The molecule has 0 bridgehead atoms. The first-order chi connectivity index (χ1) is 7.99. The van der Waals surface area contributed by atoms with E-state index in [4.69, 9.17) is 14.6 Å². The van der Waals surface area contributed by atoms with Crippen molar-refractivity contribution in [1.82, 2.24) is 5.32 Å². The lowest BCUT2D eigenvalue weighted by Gasteiger charge is -2.35. The number of methoxy groups -OCH3 is 1. The SMILES string of the molecule is COC1(CC(=O)N[C@@H](C)C(=O)O)CCOCC1. The number of carboxylic acid groups (broad SMARTS) is 1. The lowest BCUT2D eigenvalue weighted by Crippen LogP contribution is -2.46. The van der Waals surface area contributed by atoms with Crippen molar-refractivity contribution in [3.8, 4) is 0 Å². The summed E-state index contributed by atoms with van der Waals surface area (Å²) >= 11 is 0. The van der Waals surface area contributed by atoms with Gasteiger partial charge < -0.3 is 19.9 Å². The Bertz CT molecular complexity index is 286. The number of nitrogens with one attached hydrogen (secondary N) is 1. The third-order valence-corrected chi connectivity index (χ3v) is 3.07. The summed E-state index contributed by atoms with van der Waals surface area (Å²) in [5, 5.41) is 11.1. The summed E-state index contributed by atoms with van der Waals surface area (Å²) in [6.07, 6.45) is 1.47. The van der Waals surface area contributed by atoms with Gasteiger partial charge in [0, 0.05) is 33.2 Å². The molecule has 98 valence electrons. The molecule has 1 rings (SSSR count). The summed E-state index contributed by atoms with van der Waals surface area (Å²) in [6.45, 7) is 2.56. The number of ether oxygens (including phenoxy) is 2. The minimum Gasteiger partial charge on any atom is -0.480 e. The van der Waals surface area contributed by atoms with E-state index in [1.807, 2.05) is 0 Å². The highest BCUT2D eigenvalue weighted by Gasteiger charge is 2.35. The molecule has 0 aromatic heterocycles. The van der Waals surface area contributed by atoms with Crippen LogP contribution in [0.1, 0.15) is 26.2 Å². The van der Waals surface area contributed by atoms with Crippen molar-refractivity contribution in [3.63, 3.8) is 0 Å². The van der Waals surface area contributed by atoms with Crippen LogP contribution >= 0.6 is 0 Å². The van der Waals surface area contributed by atoms with E-state index < -0.39 is 17.6 Å². The first kappa shape index (κ1) is 13.9. The lowest BCUT2D eigenvalue weighted by molar-refractivity contribution is -0.144. The van der Waals surface area contributed by atoms with Crippen LogP contribution in [0.2, 0.25) is 0 Å². The molecule has 1 aliphatic rings. The first-order valence-electron chi connectivity index (χ1n) is 5.64. The van der Waals surface area contributed by atoms with Gasteiger partial charge >= 0.3 is 5.97 Å². The van der Waals surface area contributed by atoms with Gasteiger partial charge in [-0.1, -0.05) is 0 Å². The molecule has 1 amide bonds. The molecule has 6 heteroatoms. The van der Waals surface area contributed by atoms with Gasteiger partial charge in [-0.15, -0.1) is 0 Å². The van der Waals surface area contributed by atoms with Crippen LogP contribution in [0, 0.1) is 0 Å². The van der Waals surface area contributed by atoms with Crippen molar-refractivity contribution in [2.24, 2.45) is 0 Å². The highest BCUT2D eigenvalue weighted by Crippen LogP contribution is 2.27. The average Bonchev–Trinajstić information content (AvgIpc) is 2.29. The highest BCUT2D eigenvalue weighted by atomic mass is 16.5. The molecule has 6 nitrogen and oxygen atoms in total. The second-order valence-electron chi connectivity index (χ2n) is 4.30. The van der Waals surface area contributed by atoms with Crippen molar-refractivity contribution in [2.75, 3.05) is 20.3 Å². The molecule has 0 radical (unpaired) electrons. The van der Waals surface area contributed by atoms with Gasteiger partial charge in [0.15, 0.2) is 0 Å². The highest BCUT2D eigenvalue weighted by molar-refractivity contribution is 5.83. The normalized spacial score (nSPS) is 20.6. The molecule has 0 spiro atoms. The van der Waals surface area contributed by atoms with Gasteiger partial charge in [-0.25, -0.2) is 0 Å². The maximum absolute atomic E-state index is 11.7. The van der Waals surface area contributed by atoms with Crippen LogP contribution in [0.5, 0.6) is 0 Å². The lowest BCUT2D eigenvalue weighted by atomic mass is 9.90. The zero-order valence-electron chi connectivity index (χ0n) is 10.2. The van der Waals surface area contributed by atoms with Crippen LogP contribution in [0.4, 0.5) is 0 Å². The van der Waals surface area contributed by atoms with Gasteiger partial charge in [0.2, 0.25) is 5.91 Å². The monoisotopic (exact) mass is 245 g/mol. The summed E-state index contributed by atoms with van der Waals surface area (Å²) in [5.74, 6) is -1.35. The average molecular weight is 245 g/mol. The van der Waals surface area contributed by atoms with E-state index in [1.54, 1.807) is 7.11 Å². The molecule has 0 saturated carbocycles. The molecule has 2 N–H and O–H groups in total. The number of carbonyl (C=O) groups excluding carboxylic acids is 1. The molecule has 1 aliphatic heterocycles. The number of hydrogen-bond donors (Lipinski definition) is 2. The minimum absolute atomic E-state index is 0.171. The third-order valence-electron chi connectivity index (χ3n) is 3.07.